The highest BCUT2D eigenvalue weighted by atomic mass is 35.5. The summed E-state index contributed by atoms with van der Waals surface area (Å²) in [5.74, 6) is 0.613. The van der Waals surface area contributed by atoms with Crippen molar-refractivity contribution in [3.05, 3.63) is 69.8 Å². The molecule has 1 fully saturated rings. The largest absolute Gasteiger partial charge is 0.420 e. The molecule has 0 amide bonds. The number of rotatable bonds is 6. The molecule has 1 aliphatic rings. The first kappa shape index (κ1) is 19.8. The Bertz CT molecular complexity index is 1420. The highest BCUT2D eigenvalue weighted by Crippen LogP contribution is 2.35. The average Bonchev–Trinajstić information content (AvgIpc) is 3.26. The van der Waals surface area contributed by atoms with E-state index in [1.54, 1.807) is 24.3 Å². The first-order valence-electron chi connectivity index (χ1n) is 9.63. The Balaban J connectivity index is 1.42. The summed E-state index contributed by atoms with van der Waals surface area (Å²) in [5.41, 5.74) is 0.944. The van der Waals surface area contributed by atoms with E-state index in [2.05, 4.69) is 14.9 Å². The van der Waals surface area contributed by atoms with Gasteiger partial charge in [0, 0.05) is 22.7 Å². The van der Waals surface area contributed by atoms with Crippen molar-refractivity contribution in [1.29, 1.82) is 0 Å². The smallest absolute Gasteiger partial charge is 0.408 e. The predicted molar refractivity (Wildman–Crippen MR) is 113 cm³/mol. The summed E-state index contributed by atoms with van der Waals surface area (Å²) in [6.07, 6.45) is 3.20. The van der Waals surface area contributed by atoms with E-state index in [4.69, 9.17) is 20.5 Å². The fourth-order valence-corrected chi connectivity index (χ4v) is 4.59. The number of fused-ring (bicyclic) bond motifs is 1. The van der Waals surface area contributed by atoms with Gasteiger partial charge in [-0.25, -0.2) is 13.2 Å². The molecule has 2 aromatic carbocycles. The number of benzene rings is 2. The van der Waals surface area contributed by atoms with Crippen molar-refractivity contribution >= 4 is 38.4 Å². The molecule has 5 rings (SSSR count). The third kappa shape index (κ3) is 3.84. The Labute approximate surface area is 181 Å². The lowest BCUT2D eigenvalue weighted by Gasteiger charge is -2.20. The van der Waals surface area contributed by atoms with Gasteiger partial charge in [-0.05, 0) is 49.2 Å². The third-order valence-corrected chi connectivity index (χ3v) is 6.92. The molecule has 11 heteroatoms. The Hall–Kier alpha value is -3.11. The van der Waals surface area contributed by atoms with Crippen LogP contribution in [0.2, 0.25) is 5.02 Å². The van der Waals surface area contributed by atoms with Gasteiger partial charge in [0.1, 0.15) is 0 Å². The molecule has 2 heterocycles. The van der Waals surface area contributed by atoms with Crippen LogP contribution in [0.1, 0.15) is 36.9 Å². The standard InChI is InChI=1S/C20H17ClN4O5S/c21-13-4-6-14(7-5-13)24-31(27,28)15-8-9-16-17(10-15)29-20(26)25(16)11-18-22-19(30-23-18)12-2-1-3-12/h4-10,12,24H,1-3,11H2. The normalized spacial score (nSPS) is 14.6. The fourth-order valence-electron chi connectivity index (χ4n) is 3.39. The molecular formula is C20H17ClN4O5S. The Morgan fingerprint density at radius 3 is 2.65 bits per heavy atom. The zero-order chi connectivity index (χ0) is 21.6. The number of halogens is 1. The quantitative estimate of drug-likeness (QED) is 0.465. The van der Waals surface area contributed by atoms with E-state index < -0.39 is 15.8 Å². The number of aromatic nitrogens is 3. The average molecular weight is 461 g/mol. The van der Waals surface area contributed by atoms with Crippen molar-refractivity contribution in [2.75, 3.05) is 4.72 Å². The summed E-state index contributed by atoms with van der Waals surface area (Å²) >= 11 is 5.83. The Morgan fingerprint density at radius 1 is 1.16 bits per heavy atom. The van der Waals surface area contributed by atoms with Gasteiger partial charge in [-0.15, -0.1) is 0 Å². The molecule has 4 aromatic rings. The molecule has 0 unspecified atom stereocenters. The van der Waals surface area contributed by atoms with Crippen LogP contribution in [0.3, 0.4) is 0 Å². The van der Waals surface area contributed by atoms with Gasteiger partial charge in [0.05, 0.1) is 17.0 Å². The number of sulfonamides is 1. The molecule has 9 nitrogen and oxygen atoms in total. The van der Waals surface area contributed by atoms with E-state index in [9.17, 15) is 13.2 Å². The molecule has 1 N–H and O–H groups in total. The van der Waals surface area contributed by atoms with E-state index in [0.29, 0.717) is 33.9 Å². The van der Waals surface area contributed by atoms with Crippen LogP contribution in [-0.2, 0) is 16.6 Å². The third-order valence-electron chi connectivity index (χ3n) is 5.28. The lowest BCUT2D eigenvalue weighted by molar-refractivity contribution is 0.291. The van der Waals surface area contributed by atoms with E-state index >= 15 is 0 Å². The van der Waals surface area contributed by atoms with E-state index in [-0.39, 0.29) is 17.0 Å². The maximum absolute atomic E-state index is 12.7. The minimum absolute atomic E-state index is 0.0392. The molecule has 2 aromatic heterocycles. The fraction of sp³-hybridized carbons (Fsp3) is 0.250. The highest BCUT2D eigenvalue weighted by Gasteiger charge is 2.26. The number of anilines is 1. The summed E-state index contributed by atoms with van der Waals surface area (Å²) in [7, 11) is -3.89. The van der Waals surface area contributed by atoms with Gasteiger partial charge in [0.25, 0.3) is 10.0 Å². The predicted octanol–water partition coefficient (Wildman–Crippen LogP) is 3.75. The van der Waals surface area contributed by atoms with Gasteiger partial charge in [-0.3, -0.25) is 9.29 Å². The van der Waals surface area contributed by atoms with Crippen LogP contribution in [-0.4, -0.2) is 23.1 Å². The van der Waals surface area contributed by atoms with Crippen molar-refractivity contribution in [2.24, 2.45) is 0 Å². The van der Waals surface area contributed by atoms with Gasteiger partial charge >= 0.3 is 5.76 Å². The number of nitrogens with one attached hydrogen (secondary N) is 1. The van der Waals surface area contributed by atoms with Gasteiger partial charge in [-0.2, -0.15) is 4.98 Å². The van der Waals surface area contributed by atoms with Crippen LogP contribution < -0.4 is 10.5 Å². The minimum atomic E-state index is -3.89. The number of nitrogens with zero attached hydrogens (tertiary/aromatic N) is 3. The molecule has 0 aliphatic heterocycles. The number of hydrogen-bond acceptors (Lipinski definition) is 7. The second-order valence-electron chi connectivity index (χ2n) is 7.37. The van der Waals surface area contributed by atoms with Gasteiger partial charge in [-0.1, -0.05) is 23.2 Å². The second-order valence-corrected chi connectivity index (χ2v) is 9.49. The monoisotopic (exact) mass is 460 g/mol. The molecule has 1 aliphatic carbocycles. The molecule has 0 radical (unpaired) electrons. The molecule has 0 spiro atoms. The van der Waals surface area contributed by atoms with Gasteiger partial charge in [0.15, 0.2) is 11.4 Å². The second kappa shape index (κ2) is 7.54. The van der Waals surface area contributed by atoms with Crippen molar-refractivity contribution in [2.45, 2.75) is 36.6 Å². The Morgan fingerprint density at radius 2 is 1.94 bits per heavy atom. The molecule has 0 saturated heterocycles. The zero-order valence-corrected chi connectivity index (χ0v) is 17.7. The van der Waals surface area contributed by atoms with Crippen LogP contribution in [0.25, 0.3) is 11.1 Å². The van der Waals surface area contributed by atoms with E-state index in [1.807, 2.05) is 0 Å². The molecular weight excluding hydrogens is 444 g/mol. The first-order chi connectivity index (χ1) is 14.9. The number of oxazole rings is 1. The maximum atomic E-state index is 12.7. The van der Waals surface area contributed by atoms with Crippen LogP contribution in [0.4, 0.5) is 5.69 Å². The van der Waals surface area contributed by atoms with Crippen molar-refractivity contribution in [3.8, 4) is 0 Å². The maximum Gasteiger partial charge on any atom is 0.420 e. The topological polar surface area (TPSA) is 120 Å². The van der Waals surface area contributed by atoms with Crippen molar-refractivity contribution in [1.82, 2.24) is 14.7 Å². The van der Waals surface area contributed by atoms with Crippen molar-refractivity contribution in [3.63, 3.8) is 0 Å². The summed E-state index contributed by atoms with van der Waals surface area (Å²) in [6, 6.07) is 10.5. The summed E-state index contributed by atoms with van der Waals surface area (Å²) in [5, 5.41) is 4.44. The van der Waals surface area contributed by atoms with E-state index in [0.717, 1.165) is 19.3 Å². The summed E-state index contributed by atoms with van der Waals surface area (Å²) in [6.45, 7) is 0.0666. The summed E-state index contributed by atoms with van der Waals surface area (Å²) in [4.78, 5) is 16.7. The molecule has 1 saturated carbocycles. The van der Waals surface area contributed by atoms with Gasteiger partial charge in [0.2, 0.25) is 5.89 Å². The molecule has 0 atom stereocenters. The highest BCUT2D eigenvalue weighted by molar-refractivity contribution is 7.92. The summed E-state index contributed by atoms with van der Waals surface area (Å²) < 4.78 is 39.8. The van der Waals surface area contributed by atoms with Crippen LogP contribution in [0.5, 0.6) is 0 Å². The van der Waals surface area contributed by atoms with Crippen molar-refractivity contribution < 1.29 is 17.4 Å². The molecule has 0 bridgehead atoms. The molecule has 160 valence electrons. The SMILES string of the molecule is O=c1oc2cc(S(=O)(=O)Nc3ccc(Cl)cc3)ccc2n1Cc1noc(C2CCC2)n1. The van der Waals surface area contributed by atoms with E-state index in [1.165, 1.54) is 22.8 Å². The minimum Gasteiger partial charge on any atom is -0.408 e. The van der Waals surface area contributed by atoms with Gasteiger partial charge < -0.3 is 8.94 Å². The Kier molecular flexibility index (Phi) is 4.82. The van der Waals surface area contributed by atoms with Crippen LogP contribution in [0, 0.1) is 0 Å². The molecule has 31 heavy (non-hydrogen) atoms. The number of hydrogen-bond donors (Lipinski definition) is 1. The zero-order valence-electron chi connectivity index (χ0n) is 16.1. The van der Waals surface area contributed by atoms with Crippen LogP contribution >= 0.6 is 11.6 Å². The lowest BCUT2D eigenvalue weighted by Crippen LogP contribution is -2.16. The van der Waals surface area contributed by atoms with Crippen LogP contribution in [0.15, 0.2) is 61.1 Å². The lowest BCUT2D eigenvalue weighted by atomic mass is 9.85. The first-order valence-corrected chi connectivity index (χ1v) is 11.5.